The van der Waals surface area contributed by atoms with Gasteiger partial charge >= 0.3 is 0 Å². The number of guanidine groups is 1. The third kappa shape index (κ3) is 6.19. The van der Waals surface area contributed by atoms with Crippen molar-refractivity contribution in [2.75, 3.05) is 46.0 Å². The van der Waals surface area contributed by atoms with Gasteiger partial charge in [-0.05, 0) is 18.6 Å². The van der Waals surface area contributed by atoms with Crippen molar-refractivity contribution in [3.8, 4) is 0 Å². The molecule has 0 aliphatic carbocycles. The highest BCUT2D eigenvalue weighted by Crippen LogP contribution is 2.22. The zero-order valence-electron chi connectivity index (χ0n) is 16.8. The van der Waals surface area contributed by atoms with Gasteiger partial charge in [-0.2, -0.15) is 5.10 Å². The number of rotatable bonds is 6. The Labute approximate surface area is 188 Å². The van der Waals surface area contributed by atoms with Crippen LogP contribution >= 0.6 is 24.0 Å². The van der Waals surface area contributed by atoms with Crippen LogP contribution in [0.4, 0.5) is 0 Å². The molecule has 0 radical (unpaired) electrons. The lowest BCUT2D eigenvalue weighted by Crippen LogP contribution is -2.48. The summed E-state index contributed by atoms with van der Waals surface area (Å²) in [7, 11) is 1.93. The largest absolute Gasteiger partial charge is 0.469 e. The monoisotopic (exact) mass is 515 g/mol. The van der Waals surface area contributed by atoms with Gasteiger partial charge in [-0.25, -0.2) is 0 Å². The minimum atomic E-state index is 0. The fraction of sp³-hybridized carbons (Fsp3) is 0.600. The number of morpholine rings is 1. The molecule has 1 N–H and O–H groups in total. The number of nitrogens with zero attached hydrogens (tertiary/aromatic N) is 4. The predicted molar refractivity (Wildman–Crippen MR) is 121 cm³/mol. The average Bonchev–Trinajstić information content (AvgIpc) is 3.47. The number of halogens is 1. The van der Waals surface area contributed by atoms with Gasteiger partial charge in [-0.1, -0.05) is 0 Å². The number of hydrogen-bond donors (Lipinski definition) is 1. The van der Waals surface area contributed by atoms with Crippen LogP contribution in [0.3, 0.4) is 0 Å². The first-order chi connectivity index (χ1) is 13.8. The Balaban J connectivity index is 0.00000240. The maximum Gasteiger partial charge on any atom is 0.194 e. The van der Waals surface area contributed by atoms with Gasteiger partial charge in [-0.15, -0.1) is 24.0 Å². The topological polar surface area (TPSA) is 77.0 Å². The van der Waals surface area contributed by atoms with Crippen LogP contribution in [0.1, 0.15) is 23.8 Å². The third-order valence-corrected chi connectivity index (χ3v) is 5.22. The zero-order valence-corrected chi connectivity index (χ0v) is 19.2. The van der Waals surface area contributed by atoms with Crippen molar-refractivity contribution in [1.29, 1.82) is 0 Å². The van der Waals surface area contributed by atoms with Crippen LogP contribution in [0.25, 0.3) is 0 Å². The summed E-state index contributed by atoms with van der Waals surface area (Å²) < 4.78 is 18.7. The van der Waals surface area contributed by atoms with Crippen LogP contribution in [-0.4, -0.2) is 66.6 Å². The molecule has 0 bridgehead atoms. The van der Waals surface area contributed by atoms with Crippen LogP contribution in [-0.2, 0) is 22.9 Å². The van der Waals surface area contributed by atoms with Gasteiger partial charge in [0.05, 0.1) is 32.2 Å². The molecule has 0 amide bonds. The molecule has 2 atom stereocenters. The maximum absolute atomic E-state index is 5.99. The summed E-state index contributed by atoms with van der Waals surface area (Å²) in [6.07, 6.45) is 7.54. The molecule has 2 saturated heterocycles. The Kier molecular flexibility index (Phi) is 8.37. The smallest absolute Gasteiger partial charge is 0.194 e. The Hall–Kier alpha value is -1.59. The van der Waals surface area contributed by atoms with E-state index in [9.17, 15) is 0 Å². The molecule has 2 aliphatic heterocycles. The van der Waals surface area contributed by atoms with Crippen molar-refractivity contribution in [3.63, 3.8) is 0 Å². The Bertz CT molecular complexity index is 758. The maximum atomic E-state index is 5.99. The summed E-state index contributed by atoms with van der Waals surface area (Å²) in [5.74, 6) is 2.43. The molecule has 2 aromatic rings. The highest BCUT2D eigenvalue weighted by Gasteiger charge is 2.26. The van der Waals surface area contributed by atoms with E-state index >= 15 is 0 Å². The summed E-state index contributed by atoms with van der Waals surface area (Å²) in [4.78, 5) is 7.22. The standard InChI is InChI=1S/C20H29N5O3.HI/c1-24-13-17(12-23-24)19-14-25(7-10-28-19)20(22-11-16-5-9-26-15-16)21-6-4-18-3-2-8-27-18;/h2-3,8,12-13,16,19H,4-7,9-11,14-15H2,1H3,(H,21,22);1H. The van der Waals surface area contributed by atoms with E-state index in [1.54, 1.807) is 6.26 Å². The van der Waals surface area contributed by atoms with E-state index in [1.165, 1.54) is 0 Å². The lowest BCUT2D eigenvalue weighted by molar-refractivity contribution is -0.00809. The van der Waals surface area contributed by atoms with Gasteiger partial charge in [0.2, 0.25) is 0 Å². The van der Waals surface area contributed by atoms with Crippen molar-refractivity contribution >= 4 is 29.9 Å². The minimum Gasteiger partial charge on any atom is -0.469 e. The molecule has 0 aromatic carbocycles. The lowest BCUT2D eigenvalue weighted by Gasteiger charge is -2.35. The van der Waals surface area contributed by atoms with Gasteiger partial charge in [0.1, 0.15) is 11.9 Å². The molecule has 9 heteroatoms. The molecule has 4 rings (SSSR count). The van der Waals surface area contributed by atoms with Crippen LogP contribution < -0.4 is 5.32 Å². The van der Waals surface area contributed by atoms with E-state index in [1.807, 2.05) is 36.3 Å². The third-order valence-electron chi connectivity index (χ3n) is 5.22. The first-order valence-electron chi connectivity index (χ1n) is 10.0. The second-order valence-corrected chi connectivity index (χ2v) is 7.40. The number of nitrogens with one attached hydrogen (secondary N) is 1. The molecule has 2 aliphatic rings. The van der Waals surface area contributed by atoms with Gasteiger partial charge < -0.3 is 24.1 Å². The molecule has 2 fully saturated rings. The minimum absolute atomic E-state index is 0. The molecular formula is C20H30IN5O3. The number of aryl methyl sites for hydroxylation is 1. The van der Waals surface area contributed by atoms with Gasteiger partial charge in [-0.3, -0.25) is 9.67 Å². The van der Waals surface area contributed by atoms with Crippen molar-refractivity contribution in [2.24, 2.45) is 18.0 Å². The second kappa shape index (κ2) is 11.0. The van der Waals surface area contributed by atoms with Crippen LogP contribution in [0.15, 0.2) is 40.2 Å². The Morgan fingerprint density at radius 1 is 1.38 bits per heavy atom. The molecule has 0 spiro atoms. The van der Waals surface area contributed by atoms with Crippen molar-refractivity contribution in [3.05, 3.63) is 42.1 Å². The normalized spacial score (nSPS) is 22.5. The SMILES string of the molecule is Cn1cc(C2CN(C(=NCC3CCOC3)NCCc3ccco3)CCO2)cn1.I. The number of furan rings is 1. The Morgan fingerprint density at radius 3 is 3.03 bits per heavy atom. The first-order valence-corrected chi connectivity index (χ1v) is 10.0. The average molecular weight is 515 g/mol. The molecular weight excluding hydrogens is 485 g/mol. The second-order valence-electron chi connectivity index (χ2n) is 7.40. The van der Waals surface area contributed by atoms with Crippen molar-refractivity contribution < 1.29 is 13.9 Å². The van der Waals surface area contributed by atoms with E-state index in [0.717, 1.165) is 69.5 Å². The number of aromatic nitrogens is 2. The quantitative estimate of drug-likeness (QED) is 0.362. The first kappa shape index (κ1) is 22.1. The summed E-state index contributed by atoms with van der Waals surface area (Å²) in [5.41, 5.74) is 1.10. The van der Waals surface area contributed by atoms with E-state index in [4.69, 9.17) is 18.9 Å². The highest BCUT2D eigenvalue weighted by atomic mass is 127. The molecule has 160 valence electrons. The van der Waals surface area contributed by atoms with Gasteiger partial charge in [0, 0.05) is 57.4 Å². The Morgan fingerprint density at radius 2 is 2.31 bits per heavy atom. The summed E-state index contributed by atoms with van der Waals surface area (Å²) in [5, 5.41) is 7.80. The summed E-state index contributed by atoms with van der Waals surface area (Å²) in [6.45, 7) is 5.49. The molecule has 2 aromatic heterocycles. The zero-order chi connectivity index (χ0) is 19.2. The van der Waals surface area contributed by atoms with Crippen LogP contribution in [0, 0.1) is 5.92 Å². The van der Waals surface area contributed by atoms with Crippen LogP contribution in [0.2, 0.25) is 0 Å². The van der Waals surface area contributed by atoms with E-state index in [0.29, 0.717) is 12.5 Å². The molecule has 8 nitrogen and oxygen atoms in total. The number of aliphatic imine (C=N–C) groups is 1. The lowest BCUT2D eigenvalue weighted by atomic mass is 10.1. The van der Waals surface area contributed by atoms with E-state index in [-0.39, 0.29) is 30.1 Å². The number of hydrogen-bond acceptors (Lipinski definition) is 5. The molecule has 0 saturated carbocycles. The predicted octanol–water partition coefficient (Wildman–Crippen LogP) is 2.23. The molecule has 29 heavy (non-hydrogen) atoms. The summed E-state index contributed by atoms with van der Waals surface area (Å²) in [6, 6.07) is 3.92. The molecule has 2 unspecified atom stereocenters. The van der Waals surface area contributed by atoms with Crippen molar-refractivity contribution in [2.45, 2.75) is 18.9 Å². The fourth-order valence-electron chi connectivity index (χ4n) is 3.61. The van der Waals surface area contributed by atoms with Crippen LogP contribution in [0.5, 0.6) is 0 Å². The number of ether oxygens (including phenoxy) is 2. The van der Waals surface area contributed by atoms with Gasteiger partial charge in [0.25, 0.3) is 0 Å². The van der Waals surface area contributed by atoms with E-state index in [2.05, 4.69) is 15.3 Å². The van der Waals surface area contributed by atoms with Crippen molar-refractivity contribution in [1.82, 2.24) is 20.0 Å². The van der Waals surface area contributed by atoms with E-state index < -0.39 is 0 Å². The fourth-order valence-corrected chi connectivity index (χ4v) is 3.61. The summed E-state index contributed by atoms with van der Waals surface area (Å²) >= 11 is 0. The highest BCUT2D eigenvalue weighted by molar-refractivity contribution is 14.0. The molecule has 4 heterocycles. The van der Waals surface area contributed by atoms with Gasteiger partial charge in [0.15, 0.2) is 5.96 Å².